The van der Waals surface area contributed by atoms with E-state index >= 15 is 0 Å². The van der Waals surface area contributed by atoms with Gasteiger partial charge in [0, 0.05) is 18.3 Å². The normalized spacial score (nSPS) is 11.0. The van der Waals surface area contributed by atoms with Gasteiger partial charge in [-0.25, -0.2) is 0 Å². The molecule has 3 heteroatoms. The lowest BCUT2D eigenvalue weighted by molar-refractivity contribution is -0.116. The van der Waals surface area contributed by atoms with Crippen LogP contribution in [0.25, 0.3) is 6.08 Å². The Labute approximate surface area is 135 Å². The van der Waals surface area contributed by atoms with E-state index in [1.165, 1.54) is 44.9 Å². The summed E-state index contributed by atoms with van der Waals surface area (Å²) in [5.41, 5.74) is 7.35. The number of anilines is 1. The summed E-state index contributed by atoms with van der Waals surface area (Å²) in [6, 6.07) is 7.49. The molecule has 1 rings (SSSR count). The van der Waals surface area contributed by atoms with E-state index in [9.17, 15) is 4.79 Å². The number of hydrogen-bond acceptors (Lipinski definition) is 2. The highest BCUT2D eigenvalue weighted by Gasteiger charge is 1.96. The molecule has 0 bridgehead atoms. The molecule has 0 radical (unpaired) electrons. The number of carbonyl (C=O) groups is 1. The highest BCUT2D eigenvalue weighted by molar-refractivity contribution is 5.91. The summed E-state index contributed by atoms with van der Waals surface area (Å²) in [5, 5.41) is 2.92. The van der Waals surface area contributed by atoms with Crippen molar-refractivity contribution in [2.45, 2.75) is 58.3 Å². The molecule has 1 amide bonds. The Morgan fingerprint density at radius 3 is 2.45 bits per heavy atom. The zero-order valence-electron chi connectivity index (χ0n) is 13.8. The molecule has 0 heterocycles. The Balaban J connectivity index is 2.04. The van der Waals surface area contributed by atoms with E-state index in [1.54, 1.807) is 12.2 Å². The van der Waals surface area contributed by atoms with Crippen LogP contribution in [0.4, 0.5) is 5.69 Å². The van der Waals surface area contributed by atoms with Crippen LogP contribution in [0.1, 0.15) is 63.9 Å². The fraction of sp³-hybridized carbons (Fsp3) is 0.526. The summed E-state index contributed by atoms with van der Waals surface area (Å²) in [5.74, 6) is -0.0367. The van der Waals surface area contributed by atoms with Crippen LogP contribution in [-0.2, 0) is 4.79 Å². The van der Waals surface area contributed by atoms with Gasteiger partial charge in [0.05, 0.1) is 0 Å². The third kappa shape index (κ3) is 9.22. The van der Waals surface area contributed by atoms with Gasteiger partial charge in [0.25, 0.3) is 0 Å². The summed E-state index contributed by atoms with van der Waals surface area (Å²) < 4.78 is 0. The first-order valence-corrected chi connectivity index (χ1v) is 8.54. The minimum atomic E-state index is -0.0367. The van der Waals surface area contributed by atoms with Gasteiger partial charge in [-0.05, 0) is 30.2 Å². The van der Waals surface area contributed by atoms with Gasteiger partial charge >= 0.3 is 0 Å². The van der Waals surface area contributed by atoms with Gasteiger partial charge in [-0.3, -0.25) is 4.79 Å². The molecule has 22 heavy (non-hydrogen) atoms. The molecule has 0 aliphatic heterocycles. The number of amides is 1. The Hall–Kier alpha value is -1.77. The molecule has 0 unspecified atom stereocenters. The van der Waals surface area contributed by atoms with Crippen LogP contribution in [0.3, 0.4) is 0 Å². The third-order valence-corrected chi connectivity index (χ3v) is 3.67. The van der Waals surface area contributed by atoms with Gasteiger partial charge in [-0.2, -0.15) is 0 Å². The fourth-order valence-corrected chi connectivity index (χ4v) is 2.36. The summed E-state index contributed by atoms with van der Waals surface area (Å²) in [4.78, 5) is 11.7. The minimum Gasteiger partial charge on any atom is -0.399 e. The van der Waals surface area contributed by atoms with E-state index in [0.29, 0.717) is 5.69 Å². The predicted octanol–water partition coefficient (Wildman–Crippen LogP) is 4.54. The molecule has 3 nitrogen and oxygen atoms in total. The lowest BCUT2D eigenvalue weighted by Gasteiger charge is -2.03. The molecule has 0 saturated heterocycles. The molecule has 122 valence electrons. The third-order valence-electron chi connectivity index (χ3n) is 3.67. The van der Waals surface area contributed by atoms with E-state index in [4.69, 9.17) is 5.73 Å². The van der Waals surface area contributed by atoms with E-state index in [0.717, 1.165) is 18.5 Å². The summed E-state index contributed by atoms with van der Waals surface area (Å²) in [7, 11) is 0. The number of benzene rings is 1. The second-order valence-electron chi connectivity index (χ2n) is 5.77. The fourth-order valence-electron chi connectivity index (χ4n) is 2.36. The zero-order valence-corrected chi connectivity index (χ0v) is 13.8. The molecule has 1 aromatic carbocycles. The maximum atomic E-state index is 11.7. The molecule has 0 aromatic heterocycles. The van der Waals surface area contributed by atoms with Crippen molar-refractivity contribution < 1.29 is 4.79 Å². The molecule has 3 N–H and O–H groups in total. The molecule has 0 spiro atoms. The highest BCUT2D eigenvalue weighted by Crippen LogP contribution is 2.09. The Morgan fingerprint density at radius 1 is 1.09 bits per heavy atom. The first-order valence-electron chi connectivity index (χ1n) is 8.54. The van der Waals surface area contributed by atoms with Gasteiger partial charge in [-0.1, -0.05) is 64.0 Å². The number of nitrogen functional groups attached to an aromatic ring is 1. The van der Waals surface area contributed by atoms with Crippen molar-refractivity contribution in [2.24, 2.45) is 0 Å². The van der Waals surface area contributed by atoms with Crippen LogP contribution in [0.15, 0.2) is 30.3 Å². The van der Waals surface area contributed by atoms with Crippen LogP contribution in [0.5, 0.6) is 0 Å². The Morgan fingerprint density at radius 2 is 1.77 bits per heavy atom. The number of carbonyl (C=O) groups excluding carboxylic acids is 1. The monoisotopic (exact) mass is 302 g/mol. The molecular formula is C19H30N2O. The molecule has 1 aromatic rings. The number of nitrogens with one attached hydrogen (secondary N) is 1. The van der Waals surface area contributed by atoms with Crippen LogP contribution >= 0.6 is 0 Å². The maximum absolute atomic E-state index is 11.7. The molecular weight excluding hydrogens is 272 g/mol. The van der Waals surface area contributed by atoms with Crippen LogP contribution < -0.4 is 11.1 Å². The van der Waals surface area contributed by atoms with Crippen molar-refractivity contribution in [3.8, 4) is 0 Å². The largest absolute Gasteiger partial charge is 0.399 e. The second kappa shape index (κ2) is 11.8. The number of hydrogen-bond donors (Lipinski definition) is 2. The molecule has 0 atom stereocenters. The number of unbranched alkanes of at least 4 members (excludes halogenated alkanes) is 7. The number of rotatable bonds is 11. The molecule has 0 fully saturated rings. The average Bonchev–Trinajstić information content (AvgIpc) is 2.51. The Bertz CT molecular complexity index is 455. The van der Waals surface area contributed by atoms with Crippen molar-refractivity contribution >= 4 is 17.7 Å². The Kier molecular flexibility index (Phi) is 9.84. The lowest BCUT2D eigenvalue weighted by atomic mass is 10.1. The average molecular weight is 302 g/mol. The summed E-state index contributed by atoms with van der Waals surface area (Å²) in [6.07, 6.45) is 13.6. The lowest BCUT2D eigenvalue weighted by Crippen LogP contribution is -2.21. The first-order chi connectivity index (χ1) is 10.7. The molecule has 0 aliphatic rings. The quantitative estimate of drug-likeness (QED) is 0.358. The van der Waals surface area contributed by atoms with E-state index in [1.807, 2.05) is 24.3 Å². The molecule has 0 saturated carbocycles. The van der Waals surface area contributed by atoms with E-state index in [-0.39, 0.29) is 5.91 Å². The highest BCUT2D eigenvalue weighted by atomic mass is 16.1. The van der Waals surface area contributed by atoms with Crippen molar-refractivity contribution in [3.63, 3.8) is 0 Å². The standard InChI is InChI=1S/C19H30N2O/c1-2-3-4-5-6-7-8-9-15-21-19(22)14-13-17-11-10-12-18(20)16-17/h10-14,16H,2-9,15,20H2,1H3,(H,21,22). The van der Waals surface area contributed by atoms with Gasteiger partial charge in [0.2, 0.25) is 5.91 Å². The van der Waals surface area contributed by atoms with Crippen molar-refractivity contribution in [3.05, 3.63) is 35.9 Å². The van der Waals surface area contributed by atoms with E-state index < -0.39 is 0 Å². The van der Waals surface area contributed by atoms with Gasteiger partial charge < -0.3 is 11.1 Å². The van der Waals surface area contributed by atoms with Crippen LogP contribution in [-0.4, -0.2) is 12.5 Å². The van der Waals surface area contributed by atoms with E-state index in [2.05, 4.69) is 12.2 Å². The minimum absolute atomic E-state index is 0.0367. The second-order valence-corrected chi connectivity index (χ2v) is 5.77. The first kappa shape index (κ1) is 18.3. The van der Waals surface area contributed by atoms with Crippen molar-refractivity contribution in [1.82, 2.24) is 5.32 Å². The van der Waals surface area contributed by atoms with Gasteiger partial charge in [0.15, 0.2) is 0 Å². The maximum Gasteiger partial charge on any atom is 0.243 e. The summed E-state index contributed by atoms with van der Waals surface area (Å²) in [6.45, 7) is 3.00. The molecule has 0 aliphatic carbocycles. The van der Waals surface area contributed by atoms with Crippen molar-refractivity contribution in [2.75, 3.05) is 12.3 Å². The topological polar surface area (TPSA) is 55.1 Å². The zero-order chi connectivity index (χ0) is 16.0. The predicted molar refractivity (Wildman–Crippen MR) is 95.5 cm³/mol. The van der Waals surface area contributed by atoms with Crippen LogP contribution in [0.2, 0.25) is 0 Å². The van der Waals surface area contributed by atoms with Crippen LogP contribution in [0, 0.1) is 0 Å². The van der Waals surface area contributed by atoms with Gasteiger partial charge in [-0.15, -0.1) is 0 Å². The van der Waals surface area contributed by atoms with Crippen molar-refractivity contribution in [1.29, 1.82) is 0 Å². The SMILES string of the molecule is CCCCCCCCCCNC(=O)C=Cc1cccc(N)c1. The smallest absolute Gasteiger partial charge is 0.243 e. The summed E-state index contributed by atoms with van der Waals surface area (Å²) >= 11 is 0. The van der Waals surface area contributed by atoms with Gasteiger partial charge in [0.1, 0.15) is 0 Å². The number of nitrogens with two attached hydrogens (primary N) is 1.